The van der Waals surface area contributed by atoms with Crippen LogP contribution in [0.25, 0.3) is 78.1 Å². The lowest BCUT2D eigenvalue weighted by Gasteiger charge is -2.16. The second kappa shape index (κ2) is 13.2. The summed E-state index contributed by atoms with van der Waals surface area (Å²) in [6.45, 7) is 6.42. The summed E-state index contributed by atoms with van der Waals surface area (Å²) < 4.78 is 0. The number of H-pyrrole nitrogens is 3. The minimum absolute atomic E-state index is 0.236. The quantitative estimate of drug-likeness (QED) is 0.186. The minimum atomic E-state index is 0.236. The lowest BCUT2D eigenvalue weighted by Crippen LogP contribution is -2.13. The Labute approximate surface area is 310 Å². The third-order valence-electron chi connectivity index (χ3n) is 10.7. The molecule has 4 N–H and O–H groups in total. The van der Waals surface area contributed by atoms with Crippen LogP contribution < -0.4 is 15.0 Å². The molecule has 1 aliphatic rings. The number of aromatic nitrogens is 3. The molecule has 254 valence electrons. The Balaban J connectivity index is 1.08. The van der Waals surface area contributed by atoms with Crippen LogP contribution in [0.1, 0.15) is 28.1 Å². The summed E-state index contributed by atoms with van der Waals surface area (Å²) in [5.41, 5.74) is 21.9. The lowest BCUT2D eigenvalue weighted by molar-refractivity contribution is -0.397. The van der Waals surface area contributed by atoms with Crippen LogP contribution in [0.15, 0.2) is 152 Å². The molecule has 0 amide bonds. The first-order chi connectivity index (χ1) is 25.9. The van der Waals surface area contributed by atoms with Gasteiger partial charge in [0.05, 0.1) is 12.0 Å². The van der Waals surface area contributed by atoms with E-state index in [0.717, 1.165) is 67.9 Å². The summed E-state index contributed by atoms with van der Waals surface area (Å²) in [4.78, 5) is 10.6. The normalized spacial score (nSPS) is 11.7. The van der Waals surface area contributed by atoms with E-state index in [1.54, 1.807) is 0 Å². The molecular weight excluding hydrogens is 647 g/mol. The first-order valence-corrected chi connectivity index (χ1v) is 18.2. The number of aromatic amines is 3. The summed E-state index contributed by atoms with van der Waals surface area (Å²) in [5.74, 6) is 0.236. The van der Waals surface area contributed by atoms with Crippen molar-refractivity contribution in [2.75, 3.05) is 0 Å². The standard InChI is InChI=1S/C49H37N3O/c1-30-23-44(33-15-17-34(18-16-33)47-13-6-7-22-50-47)45(24-31(30)2)37-25-36(26-38(53)27-37)40-10-5-4-9-39(40)35-19-21-48(51-29-35)42-12-8-11-41-43-20-14-32(3)52-49(43)28-46(41)42/h4-27,29,53H,28H2,1-3H3/p+3. The number of hydrogen-bond donors (Lipinski definition) is 1. The summed E-state index contributed by atoms with van der Waals surface area (Å²) in [7, 11) is 0. The summed E-state index contributed by atoms with van der Waals surface area (Å²) in [5, 5.41) is 11.2. The molecule has 4 nitrogen and oxygen atoms in total. The van der Waals surface area contributed by atoms with Crippen LogP contribution in [0.4, 0.5) is 0 Å². The molecule has 9 rings (SSSR count). The van der Waals surface area contributed by atoms with Gasteiger partial charge in [0.15, 0.2) is 23.8 Å². The number of pyridine rings is 3. The van der Waals surface area contributed by atoms with Gasteiger partial charge >= 0.3 is 0 Å². The van der Waals surface area contributed by atoms with Gasteiger partial charge in [-0.1, -0.05) is 60.7 Å². The molecule has 0 bridgehead atoms. The fourth-order valence-corrected chi connectivity index (χ4v) is 7.87. The Kier molecular flexibility index (Phi) is 8.01. The van der Waals surface area contributed by atoms with Crippen LogP contribution >= 0.6 is 0 Å². The summed E-state index contributed by atoms with van der Waals surface area (Å²) >= 11 is 0. The molecule has 3 aromatic heterocycles. The smallest absolute Gasteiger partial charge is 0.211 e. The Bertz CT molecular complexity index is 2660. The van der Waals surface area contributed by atoms with Crippen molar-refractivity contribution in [3.8, 4) is 83.9 Å². The molecule has 0 aliphatic heterocycles. The number of hydrogen-bond acceptors (Lipinski definition) is 1. The number of benzene rings is 5. The van der Waals surface area contributed by atoms with E-state index in [2.05, 4.69) is 157 Å². The van der Waals surface area contributed by atoms with Crippen molar-refractivity contribution in [1.82, 2.24) is 0 Å². The van der Waals surface area contributed by atoms with Crippen LogP contribution in [0.3, 0.4) is 0 Å². The van der Waals surface area contributed by atoms with Gasteiger partial charge in [-0.3, -0.25) is 0 Å². The number of aromatic hydroxyl groups is 1. The molecule has 8 aromatic rings. The van der Waals surface area contributed by atoms with E-state index >= 15 is 0 Å². The maximum atomic E-state index is 11.2. The monoisotopic (exact) mass is 686 g/mol. The van der Waals surface area contributed by atoms with Gasteiger partial charge < -0.3 is 5.11 Å². The van der Waals surface area contributed by atoms with Crippen molar-refractivity contribution < 1.29 is 20.1 Å². The maximum absolute atomic E-state index is 11.2. The fourth-order valence-electron chi connectivity index (χ4n) is 7.87. The van der Waals surface area contributed by atoms with Gasteiger partial charge in [-0.05, 0) is 130 Å². The maximum Gasteiger partial charge on any atom is 0.211 e. The highest BCUT2D eigenvalue weighted by molar-refractivity contribution is 5.90. The van der Waals surface area contributed by atoms with Gasteiger partial charge in [-0.15, -0.1) is 0 Å². The average molecular weight is 687 g/mol. The van der Waals surface area contributed by atoms with Crippen molar-refractivity contribution >= 4 is 0 Å². The predicted molar refractivity (Wildman–Crippen MR) is 213 cm³/mol. The lowest BCUT2D eigenvalue weighted by atomic mass is 9.88. The highest BCUT2D eigenvalue weighted by Crippen LogP contribution is 2.42. The van der Waals surface area contributed by atoms with Gasteiger partial charge in [-0.2, -0.15) is 0 Å². The van der Waals surface area contributed by atoms with E-state index in [0.29, 0.717) is 0 Å². The molecule has 0 unspecified atom stereocenters. The van der Waals surface area contributed by atoms with E-state index in [4.69, 9.17) is 0 Å². The molecule has 0 radical (unpaired) electrons. The highest BCUT2D eigenvalue weighted by Gasteiger charge is 2.28. The Morgan fingerprint density at radius 3 is 1.81 bits per heavy atom. The second-order valence-corrected chi connectivity index (χ2v) is 14.2. The van der Waals surface area contributed by atoms with Crippen LogP contribution in [-0.2, 0) is 6.42 Å². The van der Waals surface area contributed by atoms with Crippen molar-refractivity contribution in [2.24, 2.45) is 0 Å². The minimum Gasteiger partial charge on any atom is -0.508 e. The van der Waals surface area contributed by atoms with E-state index in [1.807, 2.05) is 30.5 Å². The number of phenolic OH excluding ortho intramolecular Hbond substituents is 1. The van der Waals surface area contributed by atoms with Gasteiger partial charge in [0.2, 0.25) is 11.4 Å². The first kappa shape index (κ1) is 32.3. The van der Waals surface area contributed by atoms with Crippen LogP contribution in [0.2, 0.25) is 0 Å². The topological polar surface area (TPSA) is 62.7 Å². The van der Waals surface area contributed by atoms with Crippen molar-refractivity contribution in [3.63, 3.8) is 0 Å². The Morgan fingerprint density at radius 1 is 0.453 bits per heavy atom. The zero-order valence-corrected chi connectivity index (χ0v) is 30.1. The zero-order chi connectivity index (χ0) is 36.1. The van der Waals surface area contributed by atoms with Gasteiger partial charge in [0.1, 0.15) is 5.75 Å². The predicted octanol–water partition coefficient (Wildman–Crippen LogP) is 10.3. The molecule has 0 saturated heterocycles. The number of rotatable bonds is 6. The molecule has 0 saturated carbocycles. The van der Waals surface area contributed by atoms with Crippen molar-refractivity contribution in [3.05, 3.63) is 180 Å². The van der Waals surface area contributed by atoms with Crippen LogP contribution in [0.5, 0.6) is 5.75 Å². The van der Waals surface area contributed by atoms with Crippen LogP contribution in [-0.4, -0.2) is 5.11 Å². The molecule has 3 heterocycles. The fraction of sp³-hybridized carbons (Fsp3) is 0.0816. The highest BCUT2D eigenvalue weighted by atomic mass is 16.3. The SMILES string of the molecule is Cc1ccc2c([nH+]1)Cc1c(-c3ccc(-c4ccccc4-c4cc(O)cc(-c5cc(C)c(C)cc5-c5ccc(-c6cccc[nH+]6)cc5)c4)c[nH+]3)cccc1-2. The number of phenols is 1. The van der Waals surface area contributed by atoms with Crippen molar-refractivity contribution in [2.45, 2.75) is 27.2 Å². The molecule has 0 fully saturated rings. The van der Waals surface area contributed by atoms with Gasteiger partial charge in [0.25, 0.3) is 0 Å². The van der Waals surface area contributed by atoms with E-state index < -0.39 is 0 Å². The van der Waals surface area contributed by atoms with Crippen molar-refractivity contribution in [1.29, 1.82) is 0 Å². The van der Waals surface area contributed by atoms with E-state index in [1.165, 1.54) is 44.8 Å². The zero-order valence-electron chi connectivity index (χ0n) is 30.1. The second-order valence-electron chi connectivity index (χ2n) is 14.2. The third-order valence-corrected chi connectivity index (χ3v) is 10.7. The van der Waals surface area contributed by atoms with E-state index in [9.17, 15) is 5.11 Å². The first-order valence-electron chi connectivity index (χ1n) is 18.2. The van der Waals surface area contributed by atoms with Gasteiger partial charge in [0, 0.05) is 47.9 Å². The molecule has 5 aromatic carbocycles. The van der Waals surface area contributed by atoms with E-state index in [-0.39, 0.29) is 5.75 Å². The molecular formula is C49H40N3O+3. The molecule has 0 atom stereocenters. The average Bonchev–Trinajstić information content (AvgIpc) is 3.57. The molecule has 0 spiro atoms. The number of nitrogens with one attached hydrogen (secondary N) is 3. The number of aryl methyl sites for hydroxylation is 3. The summed E-state index contributed by atoms with van der Waals surface area (Å²) in [6.07, 6.45) is 4.94. The Hall–Kier alpha value is -6.65. The van der Waals surface area contributed by atoms with Crippen LogP contribution in [0, 0.1) is 20.8 Å². The molecule has 53 heavy (non-hydrogen) atoms. The Morgan fingerprint density at radius 2 is 1.09 bits per heavy atom. The molecule has 4 heteroatoms. The third kappa shape index (κ3) is 5.98. The number of fused-ring (bicyclic) bond motifs is 3. The van der Waals surface area contributed by atoms with Gasteiger partial charge in [-0.25, -0.2) is 15.0 Å². The molecule has 1 aliphatic carbocycles. The largest absolute Gasteiger partial charge is 0.508 e. The summed E-state index contributed by atoms with van der Waals surface area (Å²) in [6, 6.07) is 49.1.